The molecule has 4 heteroatoms. The molecule has 2 rings (SSSR count). The highest BCUT2D eigenvalue weighted by Gasteiger charge is 2.30. The molecule has 21 heavy (non-hydrogen) atoms. The first-order chi connectivity index (χ1) is 9.86. The molecule has 2 heterocycles. The second kappa shape index (κ2) is 6.47. The molecule has 1 aliphatic heterocycles. The number of hydrogen-bond donors (Lipinski definition) is 0. The van der Waals surface area contributed by atoms with Crippen molar-refractivity contribution in [3.05, 3.63) is 17.5 Å². The quantitative estimate of drug-likeness (QED) is 0.821. The fourth-order valence-electron chi connectivity index (χ4n) is 3.04. The molecule has 0 aromatic carbocycles. The molecule has 1 aromatic heterocycles. The fourth-order valence-corrected chi connectivity index (χ4v) is 3.04. The summed E-state index contributed by atoms with van der Waals surface area (Å²) in [5.74, 6) is 0.496. The van der Waals surface area contributed by atoms with Crippen molar-refractivity contribution in [3.63, 3.8) is 0 Å². The van der Waals surface area contributed by atoms with Crippen LogP contribution in [0.3, 0.4) is 0 Å². The third-order valence-corrected chi connectivity index (χ3v) is 4.63. The van der Waals surface area contributed by atoms with Gasteiger partial charge in [-0.2, -0.15) is 5.10 Å². The smallest absolute Gasteiger partial charge is 0.102 e. The zero-order valence-corrected chi connectivity index (χ0v) is 14.2. The van der Waals surface area contributed by atoms with Crippen LogP contribution in [-0.4, -0.2) is 41.0 Å². The molecule has 1 saturated heterocycles. The van der Waals surface area contributed by atoms with Crippen LogP contribution < -0.4 is 0 Å². The molecule has 0 N–H and O–H groups in total. The van der Waals surface area contributed by atoms with Crippen molar-refractivity contribution in [3.8, 4) is 0 Å². The average Bonchev–Trinajstić information content (AvgIpc) is 3.03. The number of likely N-dealkylation sites (tertiary alicyclic amines) is 1. The van der Waals surface area contributed by atoms with Gasteiger partial charge in [0.05, 0.1) is 11.7 Å². The lowest BCUT2D eigenvalue weighted by Gasteiger charge is -2.24. The maximum Gasteiger partial charge on any atom is 0.102 e. The molecule has 120 valence electrons. The third kappa shape index (κ3) is 3.65. The molecule has 2 unspecified atom stereocenters. The van der Waals surface area contributed by atoms with Crippen LogP contribution in [0, 0.1) is 0 Å². The van der Waals surface area contributed by atoms with E-state index >= 15 is 0 Å². The lowest BCUT2D eigenvalue weighted by atomic mass is 9.90. The summed E-state index contributed by atoms with van der Waals surface area (Å²) in [5, 5.41) is 4.92. The van der Waals surface area contributed by atoms with Gasteiger partial charge < -0.3 is 0 Å². The van der Waals surface area contributed by atoms with Gasteiger partial charge in [0.25, 0.3) is 0 Å². The standard InChI is InChI=1S/C17H30FN3/c1-6-13(2)15-11-16(17(3,4)5)21(19-15)14-7-9-20(12-14)10-8-18/h11,13-14H,6-10,12H2,1-5H3. The van der Waals surface area contributed by atoms with E-state index < -0.39 is 0 Å². The van der Waals surface area contributed by atoms with Crippen LogP contribution in [0.2, 0.25) is 0 Å². The Bertz CT molecular complexity index is 461. The van der Waals surface area contributed by atoms with Crippen molar-refractivity contribution in [1.82, 2.24) is 14.7 Å². The SMILES string of the molecule is CCC(C)c1cc(C(C)(C)C)n(C2CCN(CCF)C2)n1. The summed E-state index contributed by atoms with van der Waals surface area (Å²) in [7, 11) is 0. The number of nitrogens with zero attached hydrogens (tertiary/aromatic N) is 3. The van der Waals surface area contributed by atoms with Gasteiger partial charge in [-0.05, 0) is 24.8 Å². The molecule has 1 aromatic rings. The molecule has 2 atom stereocenters. The summed E-state index contributed by atoms with van der Waals surface area (Å²) in [6.07, 6.45) is 2.18. The first-order valence-electron chi connectivity index (χ1n) is 8.25. The minimum atomic E-state index is -0.254. The van der Waals surface area contributed by atoms with Gasteiger partial charge in [-0.25, -0.2) is 4.39 Å². The van der Waals surface area contributed by atoms with Crippen LogP contribution in [-0.2, 0) is 5.41 Å². The maximum atomic E-state index is 12.5. The van der Waals surface area contributed by atoms with Gasteiger partial charge in [0.1, 0.15) is 6.67 Å². The van der Waals surface area contributed by atoms with E-state index in [4.69, 9.17) is 5.10 Å². The first-order valence-corrected chi connectivity index (χ1v) is 8.25. The minimum Gasteiger partial charge on any atom is -0.299 e. The van der Waals surface area contributed by atoms with E-state index in [1.807, 2.05) is 0 Å². The van der Waals surface area contributed by atoms with Crippen LogP contribution in [0.4, 0.5) is 4.39 Å². The lowest BCUT2D eigenvalue weighted by molar-refractivity contribution is 0.282. The van der Waals surface area contributed by atoms with Crippen LogP contribution >= 0.6 is 0 Å². The Labute approximate surface area is 128 Å². The summed E-state index contributed by atoms with van der Waals surface area (Å²) in [4.78, 5) is 2.21. The van der Waals surface area contributed by atoms with E-state index in [0.717, 1.165) is 25.9 Å². The van der Waals surface area contributed by atoms with Gasteiger partial charge in [0.15, 0.2) is 0 Å². The van der Waals surface area contributed by atoms with E-state index in [2.05, 4.69) is 50.3 Å². The maximum absolute atomic E-state index is 12.5. The predicted molar refractivity (Wildman–Crippen MR) is 85.7 cm³/mol. The topological polar surface area (TPSA) is 21.1 Å². The summed E-state index contributed by atoms with van der Waals surface area (Å²) in [6.45, 7) is 13.4. The van der Waals surface area contributed by atoms with Crippen LogP contribution in [0.25, 0.3) is 0 Å². The average molecular weight is 295 g/mol. The number of rotatable bonds is 5. The molecular formula is C17H30FN3. The molecule has 1 aliphatic rings. The summed E-state index contributed by atoms with van der Waals surface area (Å²) in [5.41, 5.74) is 2.60. The van der Waals surface area contributed by atoms with Gasteiger partial charge >= 0.3 is 0 Å². The number of alkyl halides is 1. The molecular weight excluding hydrogens is 265 g/mol. The molecule has 0 radical (unpaired) electrons. The van der Waals surface area contributed by atoms with E-state index in [1.54, 1.807) is 0 Å². The van der Waals surface area contributed by atoms with E-state index in [1.165, 1.54) is 11.4 Å². The lowest BCUT2D eigenvalue weighted by Crippen LogP contribution is -2.26. The third-order valence-electron chi connectivity index (χ3n) is 4.63. The van der Waals surface area contributed by atoms with E-state index in [-0.39, 0.29) is 12.1 Å². The van der Waals surface area contributed by atoms with Crippen molar-refractivity contribution in [2.75, 3.05) is 26.3 Å². The Morgan fingerprint density at radius 2 is 2.14 bits per heavy atom. The summed E-state index contributed by atoms with van der Waals surface area (Å²) >= 11 is 0. The van der Waals surface area contributed by atoms with E-state index in [9.17, 15) is 4.39 Å². The van der Waals surface area contributed by atoms with Crippen molar-refractivity contribution < 1.29 is 4.39 Å². The Morgan fingerprint density at radius 1 is 1.43 bits per heavy atom. The van der Waals surface area contributed by atoms with Crippen molar-refractivity contribution in [1.29, 1.82) is 0 Å². The van der Waals surface area contributed by atoms with Gasteiger partial charge in [-0.15, -0.1) is 0 Å². The summed E-state index contributed by atoms with van der Waals surface area (Å²) < 4.78 is 14.8. The molecule has 3 nitrogen and oxygen atoms in total. The minimum absolute atomic E-state index is 0.0895. The monoisotopic (exact) mass is 295 g/mol. The Morgan fingerprint density at radius 3 is 2.71 bits per heavy atom. The molecule has 0 bridgehead atoms. The largest absolute Gasteiger partial charge is 0.299 e. The fraction of sp³-hybridized carbons (Fsp3) is 0.824. The Hall–Kier alpha value is -0.900. The van der Waals surface area contributed by atoms with Gasteiger partial charge in [-0.3, -0.25) is 9.58 Å². The second-order valence-electron chi connectivity index (χ2n) is 7.39. The predicted octanol–water partition coefficient (Wildman–Crippen LogP) is 3.91. The van der Waals surface area contributed by atoms with Crippen LogP contribution in [0.1, 0.15) is 70.8 Å². The van der Waals surface area contributed by atoms with Crippen molar-refractivity contribution >= 4 is 0 Å². The highest BCUT2D eigenvalue weighted by Crippen LogP contribution is 2.32. The first kappa shape index (κ1) is 16.5. The van der Waals surface area contributed by atoms with Gasteiger partial charge in [0.2, 0.25) is 0 Å². The summed E-state index contributed by atoms with van der Waals surface area (Å²) in [6, 6.07) is 2.68. The van der Waals surface area contributed by atoms with E-state index in [0.29, 0.717) is 18.5 Å². The van der Waals surface area contributed by atoms with Gasteiger partial charge in [-0.1, -0.05) is 34.6 Å². The molecule has 0 saturated carbocycles. The molecule has 1 fully saturated rings. The Balaban J connectivity index is 2.27. The number of halogens is 1. The number of aromatic nitrogens is 2. The second-order valence-corrected chi connectivity index (χ2v) is 7.39. The zero-order chi connectivity index (χ0) is 15.6. The number of hydrogen-bond acceptors (Lipinski definition) is 2. The molecule has 0 spiro atoms. The normalized spacial score (nSPS) is 21.9. The van der Waals surface area contributed by atoms with Gasteiger partial charge in [0, 0.05) is 30.7 Å². The highest BCUT2D eigenvalue weighted by atomic mass is 19.1. The molecule has 0 aliphatic carbocycles. The van der Waals surface area contributed by atoms with Crippen molar-refractivity contribution in [2.24, 2.45) is 0 Å². The Kier molecular flexibility index (Phi) is 5.07. The zero-order valence-electron chi connectivity index (χ0n) is 14.2. The van der Waals surface area contributed by atoms with Crippen molar-refractivity contribution in [2.45, 2.75) is 64.8 Å². The van der Waals surface area contributed by atoms with Crippen LogP contribution in [0.5, 0.6) is 0 Å². The molecule has 0 amide bonds. The highest BCUT2D eigenvalue weighted by molar-refractivity contribution is 5.21. The van der Waals surface area contributed by atoms with Crippen LogP contribution in [0.15, 0.2) is 6.07 Å².